The lowest BCUT2D eigenvalue weighted by atomic mass is 10.0. The van der Waals surface area contributed by atoms with Crippen LogP contribution in [0.1, 0.15) is 28.9 Å². The van der Waals surface area contributed by atoms with E-state index in [4.69, 9.17) is 4.42 Å². The zero-order valence-corrected chi connectivity index (χ0v) is 19.0. The molecular formula is C23H27N4O3P. The molecule has 0 fully saturated rings. The molecule has 4 rings (SSSR count). The van der Waals surface area contributed by atoms with E-state index in [2.05, 4.69) is 14.2 Å². The highest BCUT2D eigenvalue weighted by Crippen LogP contribution is 2.31. The Bertz CT molecular complexity index is 1150. The van der Waals surface area contributed by atoms with Gasteiger partial charge in [0.05, 0.1) is 6.54 Å². The van der Waals surface area contributed by atoms with E-state index in [0.717, 1.165) is 45.4 Å². The number of furan rings is 1. The number of rotatable bonds is 6. The van der Waals surface area contributed by atoms with Crippen molar-refractivity contribution < 1.29 is 14.0 Å². The number of aromatic nitrogens is 1. The van der Waals surface area contributed by atoms with E-state index >= 15 is 0 Å². The van der Waals surface area contributed by atoms with Gasteiger partial charge >= 0.3 is 0 Å². The van der Waals surface area contributed by atoms with Crippen molar-refractivity contribution in [3.8, 4) is 0 Å². The summed E-state index contributed by atoms with van der Waals surface area (Å²) in [5.74, 6) is 1.64. The maximum atomic E-state index is 12.1. The molecule has 2 aromatic heterocycles. The SMILES string of the molecule is Cc1c(CN(C)/C(=C/C=O)c2cnc3c(c2)CCC(=O)N3CP)oc2ccccc12.N. The smallest absolute Gasteiger partial charge is 0.228 e. The van der Waals surface area contributed by atoms with Crippen LogP contribution in [0.4, 0.5) is 5.82 Å². The molecule has 0 radical (unpaired) electrons. The normalized spacial score (nSPS) is 13.7. The fourth-order valence-electron chi connectivity index (χ4n) is 3.94. The van der Waals surface area contributed by atoms with Crippen molar-refractivity contribution in [1.82, 2.24) is 16.0 Å². The number of amides is 1. The number of fused-ring (bicyclic) bond motifs is 2. The first-order valence-electron chi connectivity index (χ1n) is 9.86. The Morgan fingerprint density at radius 3 is 2.81 bits per heavy atom. The van der Waals surface area contributed by atoms with Crippen molar-refractivity contribution >= 4 is 43.9 Å². The van der Waals surface area contributed by atoms with E-state index in [1.54, 1.807) is 17.2 Å². The third-order valence-electron chi connectivity index (χ3n) is 5.55. The highest BCUT2D eigenvalue weighted by Gasteiger charge is 2.25. The van der Waals surface area contributed by atoms with Crippen LogP contribution in [0.25, 0.3) is 16.7 Å². The summed E-state index contributed by atoms with van der Waals surface area (Å²) < 4.78 is 6.05. The van der Waals surface area contributed by atoms with Crippen molar-refractivity contribution in [2.75, 3.05) is 18.2 Å². The van der Waals surface area contributed by atoms with Crippen LogP contribution in [0.2, 0.25) is 0 Å². The van der Waals surface area contributed by atoms with Crippen molar-refractivity contribution in [2.24, 2.45) is 0 Å². The lowest BCUT2D eigenvalue weighted by Crippen LogP contribution is -2.34. The standard InChI is InChI=1S/C23H24N3O3P.H3N/c1-15-18-5-3-4-6-20(18)29-21(15)13-25(2)19(9-10-27)17-11-16-7-8-22(28)26(14-30)23(16)24-12-17;/h3-6,9-12H,7-8,13-14,30H2,1-2H3;1H3/b19-9+;. The molecule has 3 N–H and O–H groups in total. The number of para-hydroxylation sites is 1. The van der Waals surface area contributed by atoms with E-state index in [-0.39, 0.29) is 12.1 Å². The Labute approximate surface area is 183 Å². The van der Waals surface area contributed by atoms with Crippen LogP contribution in [0.15, 0.2) is 47.0 Å². The Balaban J connectivity index is 0.00000272. The molecule has 8 heteroatoms. The number of hydrogen-bond acceptors (Lipinski definition) is 6. The fourth-order valence-corrected chi connectivity index (χ4v) is 4.31. The van der Waals surface area contributed by atoms with Gasteiger partial charge in [-0.3, -0.25) is 14.5 Å². The molecule has 0 bridgehead atoms. The Morgan fingerprint density at radius 1 is 1.32 bits per heavy atom. The Kier molecular flexibility index (Phi) is 6.88. The minimum absolute atomic E-state index is 0. The number of aryl methyl sites for hydroxylation is 2. The van der Waals surface area contributed by atoms with Gasteiger partial charge in [-0.25, -0.2) is 4.98 Å². The summed E-state index contributed by atoms with van der Waals surface area (Å²) >= 11 is 0. The monoisotopic (exact) mass is 438 g/mol. The van der Waals surface area contributed by atoms with Crippen LogP contribution in [0.5, 0.6) is 0 Å². The summed E-state index contributed by atoms with van der Waals surface area (Å²) in [5.41, 5.74) is 4.57. The molecule has 162 valence electrons. The van der Waals surface area contributed by atoms with Gasteiger partial charge in [0, 0.05) is 54.2 Å². The van der Waals surface area contributed by atoms with Gasteiger partial charge in [0.25, 0.3) is 0 Å². The van der Waals surface area contributed by atoms with Gasteiger partial charge in [-0.05, 0) is 31.0 Å². The highest BCUT2D eigenvalue weighted by molar-refractivity contribution is 7.16. The van der Waals surface area contributed by atoms with E-state index in [0.29, 0.717) is 31.5 Å². The summed E-state index contributed by atoms with van der Waals surface area (Å²) in [6, 6.07) is 9.99. The average Bonchev–Trinajstić information content (AvgIpc) is 3.07. The highest BCUT2D eigenvalue weighted by atomic mass is 31.0. The van der Waals surface area contributed by atoms with Gasteiger partial charge in [-0.1, -0.05) is 18.2 Å². The van der Waals surface area contributed by atoms with Gasteiger partial charge < -0.3 is 15.5 Å². The molecule has 3 aromatic rings. The number of carbonyl (C=O) groups is 2. The van der Waals surface area contributed by atoms with E-state index in [1.807, 2.05) is 49.2 Å². The molecular weight excluding hydrogens is 411 g/mol. The summed E-state index contributed by atoms with van der Waals surface area (Å²) in [5, 5.41) is 1.10. The minimum Gasteiger partial charge on any atom is -0.459 e. The van der Waals surface area contributed by atoms with Crippen LogP contribution in [0.3, 0.4) is 0 Å². The molecule has 31 heavy (non-hydrogen) atoms. The number of nitrogens with zero attached hydrogens (tertiary/aromatic N) is 3. The molecule has 0 saturated heterocycles. The molecule has 1 amide bonds. The third-order valence-corrected chi connectivity index (χ3v) is 5.91. The van der Waals surface area contributed by atoms with E-state index in [1.165, 1.54) is 0 Å². The molecule has 0 saturated carbocycles. The molecule has 7 nitrogen and oxygen atoms in total. The number of aldehydes is 1. The summed E-state index contributed by atoms with van der Waals surface area (Å²) in [7, 11) is 4.51. The van der Waals surface area contributed by atoms with Gasteiger partial charge in [0.1, 0.15) is 23.4 Å². The molecule has 1 aliphatic rings. The molecule has 1 unspecified atom stereocenters. The number of pyridine rings is 1. The van der Waals surface area contributed by atoms with Crippen LogP contribution in [-0.2, 0) is 22.6 Å². The van der Waals surface area contributed by atoms with Crippen molar-refractivity contribution in [2.45, 2.75) is 26.3 Å². The van der Waals surface area contributed by atoms with Gasteiger partial charge in [-0.2, -0.15) is 0 Å². The number of carbonyl (C=O) groups excluding carboxylic acids is 2. The average molecular weight is 438 g/mol. The summed E-state index contributed by atoms with van der Waals surface area (Å²) in [6.07, 6.45) is 5.69. The maximum absolute atomic E-state index is 12.1. The lowest BCUT2D eigenvalue weighted by Gasteiger charge is -2.28. The second kappa shape index (κ2) is 9.41. The van der Waals surface area contributed by atoms with Crippen molar-refractivity contribution in [3.63, 3.8) is 0 Å². The summed E-state index contributed by atoms with van der Waals surface area (Å²) in [6.45, 7) is 2.57. The lowest BCUT2D eigenvalue weighted by molar-refractivity contribution is -0.118. The number of benzene rings is 1. The van der Waals surface area contributed by atoms with Gasteiger partial charge in [0.15, 0.2) is 0 Å². The topological polar surface area (TPSA) is 102 Å². The zero-order chi connectivity index (χ0) is 21.3. The van der Waals surface area contributed by atoms with Crippen LogP contribution in [-0.4, -0.2) is 35.4 Å². The largest absolute Gasteiger partial charge is 0.459 e. The second-order valence-corrected chi connectivity index (χ2v) is 7.77. The Morgan fingerprint density at radius 2 is 2.10 bits per heavy atom. The molecule has 1 atom stereocenters. The van der Waals surface area contributed by atoms with Crippen molar-refractivity contribution in [1.29, 1.82) is 0 Å². The van der Waals surface area contributed by atoms with Gasteiger partial charge in [0.2, 0.25) is 5.91 Å². The molecule has 0 aliphatic carbocycles. The van der Waals surface area contributed by atoms with Crippen LogP contribution < -0.4 is 11.1 Å². The first kappa shape index (κ1) is 22.7. The van der Waals surface area contributed by atoms with Crippen LogP contribution in [0, 0.1) is 6.92 Å². The first-order chi connectivity index (χ1) is 14.5. The predicted molar refractivity (Wildman–Crippen MR) is 126 cm³/mol. The Hall–Kier alpha value is -3.02. The van der Waals surface area contributed by atoms with Crippen molar-refractivity contribution in [3.05, 3.63) is 65.1 Å². The van der Waals surface area contributed by atoms with E-state index in [9.17, 15) is 9.59 Å². The first-order valence-corrected chi connectivity index (χ1v) is 10.7. The second-order valence-electron chi connectivity index (χ2n) is 7.40. The number of anilines is 1. The minimum atomic E-state index is 0. The molecule has 0 spiro atoms. The number of allylic oxidation sites excluding steroid dienone is 1. The van der Waals surface area contributed by atoms with E-state index < -0.39 is 0 Å². The quantitative estimate of drug-likeness (QED) is 0.353. The predicted octanol–water partition coefficient (Wildman–Crippen LogP) is 4.08. The van der Waals surface area contributed by atoms with Gasteiger partial charge in [-0.15, -0.1) is 9.24 Å². The van der Waals surface area contributed by atoms with Crippen LogP contribution >= 0.6 is 9.24 Å². The molecule has 1 aromatic carbocycles. The third kappa shape index (κ3) is 4.24. The number of hydrogen-bond donors (Lipinski definition) is 1. The maximum Gasteiger partial charge on any atom is 0.228 e. The molecule has 1 aliphatic heterocycles. The molecule has 3 heterocycles. The fraction of sp³-hybridized carbons (Fsp3) is 0.261. The summed E-state index contributed by atoms with van der Waals surface area (Å²) in [4.78, 5) is 31.7. The zero-order valence-electron chi connectivity index (χ0n) is 17.8.